The zero-order valence-electron chi connectivity index (χ0n) is 13.6. The number of hydrogen-bond acceptors (Lipinski definition) is 6. The van der Waals surface area contributed by atoms with Crippen LogP contribution in [0.1, 0.15) is 36.3 Å². The van der Waals surface area contributed by atoms with Crippen molar-refractivity contribution in [3.05, 3.63) is 62.0 Å². The number of nitro benzene ring substituents is 1. The van der Waals surface area contributed by atoms with Gasteiger partial charge in [0.05, 0.1) is 16.2 Å². The maximum absolute atomic E-state index is 12.6. The molecule has 7 nitrogen and oxygen atoms in total. The van der Waals surface area contributed by atoms with Crippen molar-refractivity contribution in [1.29, 1.82) is 0 Å². The van der Waals surface area contributed by atoms with Crippen molar-refractivity contribution in [2.75, 3.05) is 6.61 Å². The molecule has 3 aliphatic rings. The molecular formula is C18H16N2O5. The minimum absolute atomic E-state index is 0.0186. The van der Waals surface area contributed by atoms with E-state index in [9.17, 15) is 19.7 Å². The van der Waals surface area contributed by atoms with Gasteiger partial charge in [-0.2, -0.15) is 0 Å². The van der Waals surface area contributed by atoms with Crippen molar-refractivity contribution in [3.63, 3.8) is 0 Å². The third-order valence-corrected chi connectivity index (χ3v) is 4.99. The first kappa shape index (κ1) is 15.6. The van der Waals surface area contributed by atoms with Gasteiger partial charge >= 0.3 is 5.97 Å². The molecule has 0 amide bonds. The molecule has 0 radical (unpaired) electrons. The molecule has 0 fully saturated rings. The monoisotopic (exact) mass is 340 g/mol. The number of benzene rings is 1. The Kier molecular flexibility index (Phi) is 3.45. The third-order valence-electron chi connectivity index (χ3n) is 4.99. The van der Waals surface area contributed by atoms with Crippen LogP contribution in [0.25, 0.3) is 0 Å². The molecule has 0 saturated carbocycles. The van der Waals surface area contributed by atoms with E-state index in [0.717, 1.165) is 18.5 Å². The van der Waals surface area contributed by atoms with E-state index >= 15 is 0 Å². The normalized spacial score (nSPS) is 22.4. The highest BCUT2D eigenvalue weighted by molar-refractivity contribution is 6.04. The van der Waals surface area contributed by atoms with Gasteiger partial charge in [-0.05, 0) is 25.3 Å². The van der Waals surface area contributed by atoms with Gasteiger partial charge in [0, 0.05) is 35.2 Å². The van der Waals surface area contributed by atoms with Crippen molar-refractivity contribution >= 4 is 17.4 Å². The van der Waals surface area contributed by atoms with E-state index in [1.165, 1.54) is 6.07 Å². The fourth-order valence-corrected chi connectivity index (χ4v) is 3.80. The first-order valence-corrected chi connectivity index (χ1v) is 8.15. The standard InChI is InChI=1S/C18H16N2O5/c1-9-5-6-10(7-13(9)20(23)24)15-16-11(3-2-4-14(16)21)19-12-8-25-18(22)17(12)15/h5-7,15,19H,2-4,8H2,1H3/t15-/m0/s1. The number of nitrogens with one attached hydrogen (secondary N) is 1. The van der Waals surface area contributed by atoms with Crippen LogP contribution >= 0.6 is 0 Å². The van der Waals surface area contributed by atoms with Gasteiger partial charge in [0.25, 0.3) is 5.69 Å². The summed E-state index contributed by atoms with van der Waals surface area (Å²) in [5.41, 5.74) is 3.50. The van der Waals surface area contributed by atoms with Gasteiger partial charge in [-0.3, -0.25) is 14.9 Å². The number of carbonyl (C=O) groups excluding carboxylic acids is 2. The number of ether oxygens (including phenoxy) is 1. The highest BCUT2D eigenvalue weighted by Crippen LogP contribution is 2.44. The van der Waals surface area contributed by atoms with E-state index in [-0.39, 0.29) is 18.1 Å². The zero-order chi connectivity index (χ0) is 17.7. The van der Waals surface area contributed by atoms with Crippen LogP contribution in [0.5, 0.6) is 0 Å². The van der Waals surface area contributed by atoms with Gasteiger partial charge in [-0.15, -0.1) is 0 Å². The number of nitrogens with zero attached hydrogens (tertiary/aromatic N) is 1. The molecule has 0 saturated heterocycles. The molecule has 4 rings (SSSR count). The van der Waals surface area contributed by atoms with E-state index < -0.39 is 16.8 Å². The van der Waals surface area contributed by atoms with Gasteiger partial charge in [0.2, 0.25) is 0 Å². The van der Waals surface area contributed by atoms with E-state index in [1.54, 1.807) is 19.1 Å². The smallest absolute Gasteiger partial charge is 0.337 e. The van der Waals surface area contributed by atoms with Gasteiger partial charge in [0.15, 0.2) is 5.78 Å². The second-order valence-electron chi connectivity index (χ2n) is 6.50. The SMILES string of the molecule is Cc1ccc([C@H]2C3=C(CCCC3=O)NC3=C2C(=O)OC3)cc1[N+](=O)[O-]. The zero-order valence-corrected chi connectivity index (χ0v) is 13.6. The van der Waals surface area contributed by atoms with Crippen molar-refractivity contribution < 1.29 is 19.2 Å². The fourth-order valence-electron chi connectivity index (χ4n) is 3.80. The summed E-state index contributed by atoms with van der Waals surface area (Å²) in [6.45, 7) is 1.80. The topological polar surface area (TPSA) is 98.5 Å². The molecule has 1 aromatic carbocycles. The molecule has 1 atom stereocenters. The average Bonchev–Trinajstić information content (AvgIpc) is 2.94. The predicted molar refractivity (Wildman–Crippen MR) is 87.6 cm³/mol. The number of dihydropyridines is 1. The second-order valence-corrected chi connectivity index (χ2v) is 6.50. The molecule has 1 N–H and O–H groups in total. The molecule has 0 unspecified atom stereocenters. The lowest BCUT2D eigenvalue weighted by Crippen LogP contribution is -2.32. The summed E-state index contributed by atoms with van der Waals surface area (Å²) in [6.07, 6.45) is 1.89. The van der Waals surface area contributed by atoms with Crippen LogP contribution in [0.4, 0.5) is 5.69 Å². The summed E-state index contributed by atoms with van der Waals surface area (Å²) >= 11 is 0. The molecule has 1 aromatic rings. The molecule has 7 heteroatoms. The van der Waals surface area contributed by atoms with Crippen LogP contribution in [-0.2, 0) is 14.3 Å². The van der Waals surface area contributed by atoms with E-state index in [1.807, 2.05) is 0 Å². The van der Waals surface area contributed by atoms with Crippen molar-refractivity contribution in [2.24, 2.45) is 0 Å². The lowest BCUT2D eigenvalue weighted by Gasteiger charge is -2.31. The number of rotatable bonds is 2. The van der Waals surface area contributed by atoms with Crippen LogP contribution in [-0.4, -0.2) is 23.3 Å². The van der Waals surface area contributed by atoms with Crippen LogP contribution in [0, 0.1) is 17.0 Å². The molecule has 0 aromatic heterocycles. The highest BCUT2D eigenvalue weighted by Gasteiger charge is 2.43. The Morgan fingerprint density at radius 2 is 2.00 bits per heavy atom. The van der Waals surface area contributed by atoms with E-state index in [4.69, 9.17) is 4.74 Å². The van der Waals surface area contributed by atoms with Gasteiger partial charge in [-0.25, -0.2) is 4.79 Å². The third kappa shape index (κ3) is 2.34. The summed E-state index contributed by atoms with van der Waals surface area (Å²) in [5.74, 6) is -1.10. The fraction of sp³-hybridized carbons (Fsp3) is 0.333. The van der Waals surface area contributed by atoms with Gasteiger partial charge in [-0.1, -0.05) is 12.1 Å². The lowest BCUT2D eigenvalue weighted by molar-refractivity contribution is -0.385. The van der Waals surface area contributed by atoms with Crippen LogP contribution < -0.4 is 5.32 Å². The molecule has 0 spiro atoms. The first-order chi connectivity index (χ1) is 12.0. The molecule has 25 heavy (non-hydrogen) atoms. The molecule has 1 aliphatic carbocycles. The Morgan fingerprint density at radius 1 is 1.20 bits per heavy atom. The van der Waals surface area contributed by atoms with Crippen molar-refractivity contribution in [2.45, 2.75) is 32.1 Å². The maximum atomic E-state index is 12.6. The minimum Gasteiger partial charge on any atom is -0.456 e. The number of carbonyl (C=O) groups is 2. The summed E-state index contributed by atoms with van der Waals surface area (Å²) in [4.78, 5) is 35.7. The van der Waals surface area contributed by atoms with Crippen LogP contribution in [0.15, 0.2) is 40.7 Å². The number of nitro groups is 1. The number of ketones is 1. The Morgan fingerprint density at radius 3 is 2.76 bits per heavy atom. The van der Waals surface area contributed by atoms with Crippen molar-refractivity contribution in [1.82, 2.24) is 5.32 Å². The number of allylic oxidation sites excluding steroid dienone is 2. The largest absolute Gasteiger partial charge is 0.456 e. The summed E-state index contributed by atoms with van der Waals surface area (Å²) in [6, 6.07) is 4.87. The Balaban J connectivity index is 1.92. The Labute approximate surface area is 143 Å². The second kappa shape index (κ2) is 5.54. The van der Waals surface area contributed by atoms with Gasteiger partial charge < -0.3 is 10.1 Å². The summed E-state index contributed by atoms with van der Waals surface area (Å²) in [5, 5.41) is 14.5. The lowest BCUT2D eigenvalue weighted by atomic mass is 9.75. The highest BCUT2D eigenvalue weighted by atomic mass is 16.6. The molecule has 128 valence electrons. The van der Waals surface area contributed by atoms with E-state index in [0.29, 0.717) is 34.4 Å². The molecule has 2 aliphatic heterocycles. The summed E-state index contributed by atoms with van der Waals surface area (Å²) in [7, 11) is 0. The quantitative estimate of drug-likeness (QED) is 0.504. The number of Topliss-reactive ketones (excluding diaryl/α,β-unsaturated/α-hetero) is 1. The number of cyclic esters (lactones) is 1. The molecule has 0 bridgehead atoms. The predicted octanol–water partition coefficient (Wildman–Crippen LogP) is 2.41. The van der Waals surface area contributed by atoms with Crippen LogP contribution in [0.2, 0.25) is 0 Å². The number of aryl methyl sites for hydroxylation is 1. The van der Waals surface area contributed by atoms with Gasteiger partial charge in [0.1, 0.15) is 6.61 Å². The minimum atomic E-state index is -0.603. The van der Waals surface area contributed by atoms with Crippen molar-refractivity contribution in [3.8, 4) is 0 Å². The molecular weight excluding hydrogens is 324 g/mol. The Bertz CT molecular complexity index is 897. The van der Waals surface area contributed by atoms with Crippen LogP contribution in [0.3, 0.4) is 0 Å². The molecule has 2 heterocycles. The number of hydrogen-bond donors (Lipinski definition) is 1. The van der Waals surface area contributed by atoms with E-state index in [2.05, 4.69) is 5.32 Å². The first-order valence-electron chi connectivity index (χ1n) is 8.15. The average molecular weight is 340 g/mol. The maximum Gasteiger partial charge on any atom is 0.337 e. The summed E-state index contributed by atoms with van der Waals surface area (Å²) < 4.78 is 5.15. The Hall–Kier alpha value is -2.96. The number of esters is 1.